The standard InChI is InChI=1S/C24H21N3O3S/c1-30-19-10-8-18(9-11-19)25-22(28)17-7-12-20-21(15-17)26-24(31)27(23(20)29)14-13-16-5-3-2-4-6-16/h2-12,15H,13-14H2,1H3,(H,25,28)(H,26,31). The summed E-state index contributed by atoms with van der Waals surface area (Å²) >= 11 is 5.41. The molecule has 156 valence electrons. The Kier molecular flexibility index (Phi) is 5.95. The lowest BCUT2D eigenvalue weighted by molar-refractivity contribution is 0.102. The first-order chi connectivity index (χ1) is 15.0. The number of aromatic nitrogens is 2. The van der Waals surface area contributed by atoms with Gasteiger partial charge < -0.3 is 15.0 Å². The van der Waals surface area contributed by atoms with Crippen LogP contribution >= 0.6 is 12.2 Å². The minimum atomic E-state index is -0.278. The first-order valence-corrected chi connectivity index (χ1v) is 10.2. The number of aromatic amines is 1. The van der Waals surface area contributed by atoms with Crippen molar-refractivity contribution in [3.05, 3.63) is 99.0 Å². The van der Waals surface area contributed by atoms with Crippen LogP contribution in [0.5, 0.6) is 5.75 Å². The number of rotatable bonds is 6. The first kappa shape index (κ1) is 20.6. The second kappa shape index (κ2) is 8.97. The van der Waals surface area contributed by atoms with Gasteiger partial charge in [0.25, 0.3) is 11.5 Å². The van der Waals surface area contributed by atoms with Crippen LogP contribution in [0.1, 0.15) is 15.9 Å². The minimum Gasteiger partial charge on any atom is -0.497 e. The number of benzene rings is 3. The highest BCUT2D eigenvalue weighted by molar-refractivity contribution is 7.71. The van der Waals surface area contributed by atoms with Crippen LogP contribution in [0, 0.1) is 4.77 Å². The van der Waals surface area contributed by atoms with Gasteiger partial charge in [-0.3, -0.25) is 14.2 Å². The number of fused-ring (bicyclic) bond motifs is 1. The summed E-state index contributed by atoms with van der Waals surface area (Å²) in [5.41, 5.74) is 2.57. The fraction of sp³-hybridized carbons (Fsp3) is 0.125. The lowest BCUT2D eigenvalue weighted by Gasteiger charge is -2.10. The predicted octanol–water partition coefficient (Wildman–Crippen LogP) is 4.56. The highest BCUT2D eigenvalue weighted by Gasteiger charge is 2.11. The molecule has 0 unspecified atom stereocenters. The number of carbonyl (C=O) groups is 1. The molecule has 7 heteroatoms. The van der Waals surface area contributed by atoms with E-state index in [-0.39, 0.29) is 11.5 Å². The smallest absolute Gasteiger partial charge is 0.262 e. The number of H-pyrrole nitrogens is 1. The fourth-order valence-corrected chi connectivity index (χ4v) is 3.65. The number of methoxy groups -OCH3 is 1. The van der Waals surface area contributed by atoms with Crippen molar-refractivity contribution < 1.29 is 9.53 Å². The van der Waals surface area contributed by atoms with E-state index in [0.717, 1.165) is 5.56 Å². The highest BCUT2D eigenvalue weighted by Crippen LogP contribution is 2.17. The molecule has 4 rings (SSSR count). The van der Waals surface area contributed by atoms with Gasteiger partial charge in [-0.05, 0) is 66.7 Å². The van der Waals surface area contributed by atoms with Crippen LogP contribution < -0.4 is 15.6 Å². The maximum Gasteiger partial charge on any atom is 0.262 e. The number of amides is 1. The molecule has 0 aliphatic heterocycles. The van der Waals surface area contributed by atoms with E-state index in [1.54, 1.807) is 54.1 Å². The topological polar surface area (TPSA) is 76.1 Å². The zero-order valence-electron chi connectivity index (χ0n) is 16.9. The molecule has 0 spiro atoms. The van der Waals surface area contributed by atoms with Crippen molar-refractivity contribution in [2.45, 2.75) is 13.0 Å². The molecule has 0 radical (unpaired) electrons. The van der Waals surface area contributed by atoms with Gasteiger partial charge in [-0.15, -0.1) is 0 Å². The summed E-state index contributed by atoms with van der Waals surface area (Å²) < 4.78 is 7.01. The van der Waals surface area contributed by atoms with Crippen LogP contribution in [0.15, 0.2) is 77.6 Å². The summed E-state index contributed by atoms with van der Waals surface area (Å²) in [6.07, 6.45) is 0.700. The average Bonchev–Trinajstić information content (AvgIpc) is 2.79. The Morgan fingerprint density at radius 3 is 2.52 bits per heavy atom. The summed E-state index contributed by atoms with van der Waals surface area (Å²) in [7, 11) is 1.59. The van der Waals surface area contributed by atoms with Gasteiger partial charge in [-0.25, -0.2) is 0 Å². The zero-order chi connectivity index (χ0) is 21.8. The van der Waals surface area contributed by atoms with Crippen LogP contribution in [0.3, 0.4) is 0 Å². The molecule has 2 N–H and O–H groups in total. The van der Waals surface area contributed by atoms with Gasteiger partial charge in [-0.2, -0.15) is 0 Å². The second-order valence-electron chi connectivity index (χ2n) is 7.07. The Hall–Kier alpha value is -3.71. The summed E-state index contributed by atoms with van der Waals surface area (Å²) in [5, 5.41) is 3.32. The third kappa shape index (κ3) is 4.57. The van der Waals surface area contributed by atoms with Gasteiger partial charge >= 0.3 is 0 Å². The van der Waals surface area contributed by atoms with Crippen molar-refractivity contribution in [2.75, 3.05) is 12.4 Å². The van der Waals surface area contributed by atoms with E-state index < -0.39 is 0 Å². The number of nitrogens with one attached hydrogen (secondary N) is 2. The van der Waals surface area contributed by atoms with E-state index in [1.165, 1.54) is 0 Å². The Bertz CT molecular complexity index is 1340. The van der Waals surface area contributed by atoms with E-state index in [0.29, 0.717) is 45.6 Å². The molecule has 0 saturated carbocycles. The third-order valence-corrected chi connectivity index (χ3v) is 5.38. The SMILES string of the molecule is COc1ccc(NC(=O)c2ccc3c(=O)n(CCc4ccccc4)c(=S)[nH]c3c2)cc1. The fourth-order valence-electron chi connectivity index (χ4n) is 3.36. The molecule has 0 aliphatic carbocycles. The molecule has 0 fully saturated rings. The van der Waals surface area contributed by atoms with Gasteiger partial charge in [0.1, 0.15) is 5.75 Å². The first-order valence-electron chi connectivity index (χ1n) is 9.81. The lowest BCUT2D eigenvalue weighted by atomic mass is 10.1. The van der Waals surface area contributed by atoms with E-state index in [9.17, 15) is 9.59 Å². The van der Waals surface area contributed by atoms with E-state index in [1.807, 2.05) is 30.3 Å². The van der Waals surface area contributed by atoms with Crippen molar-refractivity contribution >= 4 is 34.7 Å². The Balaban J connectivity index is 1.58. The largest absolute Gasteiger partial charge is 0.497 e. The molecular weight excluding hydrogens is 410 g/mol. The van der Waals surface area contributed by atoms with E-state index in [2.05, 4.69) is 10.3 Å². The number of carbonyl (C=O) groups excluding carboxylic acids is 1. The molecule has 1 aromatic heterocycles. The Labute approximate surface area is 184 Å². The van der Waals surface area contributed by atoms with Gasteiger partial charge in [0.2, 0.25) is 0 Å². The molecule has 31 heavy (non-hydrogen) atoms. The van der Waals surface area contributed by atoms with Crippen LogP contribution in [0.2, 0.25) is 0 Å². The Morgan fingerprint density at radius 2 is 1.81 bits per heavy atom. The molecular formula is C24H21N3O3S. The number of hydrogen-bond acceptors (Lipinski definition) is 4. The maximum absolute atomic E-state index is 13.0. The summed E-state index contributed by atoms with van der Waals surface area (Å²) in [4.78, 5) is 28.7. The van der Waals surface area contributed by atoms with Crippen molar-refractivity contribution in [1.82, 2.24) is 9.55 Å². The van der Waals surface area contributed by atoms with Crippen molar-refractivity contribution in [2.24, 2.45) is 0 Å². The van der Waals surface area contributed by atoms with Crippen molar-refractivity contribution in [3.63, 3.8) is 0 Å². The number of aryl methyl sites for hydroxylation is 1. The van der Waals surface area contributed by atoms with Crippen molar-refractivity contribution in [3.8, 4) is 5.75 Å². The van der Waals surface area contributed by atoms with Crippen LogP contribution in [-0.2, 0) is 13.0 Å². The van der Waals surface area contributed by atoms with E-state index in [4.69, 9.17) is 17.0 Å². The number of anilines is 1. The van der Waals surface area contributed by atoms with Crippen LogP contribution in [-0.4, -0.2) is 22.6 Å². The summed E-state index contributed by atoms with van der Waals surface area (Å²) in [6.45, 7) is 0.480. The van der Waals surface area contributed by atoms with E-state index >= 15 is 0 Å². The average molecular weight is 432 g/mol. The monoisotopic (exact) mass is 431 g/mol. The molecule has 6 nitrogen and oxygen atoms in total. The molecule has 1 heterocycles. The predicted molar refractivity (Wildman–Crippen MR) is 124 cm³/mol. The number of ether oxygens (including phenoxy) is 1. The number of nitrogens with zero attached hydrogens (tertiary/aromatic N) is 1. The summed E-state index contributed by atoms with van der Waals surface area (Å²) in [6, 6.07) is 21.9. The van der Waals surface area contributed by atoms with Gasteiger partial charge in [0.15, 0.2) is 4.77 Å². The minimum absolute atomic E-state index is 0.170. The zero-order valence-corrected chi connectivity index (χ0v) is 17.7. The molecule has 0 atom stereocenters. The van der Waals surface area contributed by atoms with Crippen LogP contribution in [0.4, 0.5) is 5.69 Å². The maximum atomic E-state index is 13.0. The Morgan fingerprint density at radius 1 is 1.06 bits per heavy atom. The number of hydrogen-bond donors (Lipinski definition) is 2. The lowest BCUT2D eigenvalue weighted by Crippen LogP contribution is -2.23. The van der Waals surface area contributed by atoms with Gasteiger partial charge in [0, 0.05) is 17.8 Å². The highest BCUT2D eigenvalue weighted by atomic mass is 32.1. The molecule has 0 saturated heterocycles. The normalized spacial score (nSPS) is 10.7. The van der Waals surface area contributed by atoms with Crippen LogP contribution in [0.25, 0.3) is 10.9 Å². The molecule has 3 aromatic carbocycles. The molecule has 0 bridgehead atoms. The second-order valence-corrected chi connectivity index (χ2v) is 7.45. The molecule has 1 amide bonds. The summed E-state index contributed by atoms with van der Waals surface area (Å²) in [5.74, 6) is 0.430. The molecule has 0 aliphatic rings. The quantitative estimate of drug-likeness (QED) is 0.439. The van der Waals surface area contributed by atoms with Gasteiger partial charge in [0.05, 0.1) is 18.0 Å². The molecule has 4 aromatic rings. The van der Waals surface area contributed by atoms with Gasteiger partial charge in [-0.1, -0.05) is 30.3 Å². The van der Waals surface area contributed by atoms with Crippen molar-refractivity contribution in [1.29, 1.82) is 0 Å². The third-order valence-electron chi connectivity index (χ3n) is 5.06.